The number of halogens is 1. The Kier molecular flexibility index (Phi) is 4.11. The van der Waals surface area contributed by atoms with E-state index in [9.17, 15) is 9.90 Å². The van der Waals surface area contributed by atoms with E-state index in [-0.39, 0.29) is 5.56 Å². The van der Waals surface area contributed by atoms with E-state index in [1.54, 1.807) is 42.0 Å². The molecule has 0 aliphatic carbocycles. The highest BCUT2D eigenvalue weighted by molar-refractivity contribution is 6.30. The van der Waals surface area contributed by atoms with Crippen LogP contribution in [0.15, 0.2) is 30.5 Å². The molecule has 0 unspecified atom stereocenters. The van der Waals surface area contributed by atoms with Crippen LogP contribution in [0.25, 0.3) is 11.1 Å². The van der Waals surface area contributed by atoms with Gasteiger partial charge in [0.1, 0.15) is 0 Å². The predicted octanol–water partition coefficient (Wildman–Crippen LogP) is 3.73. The molecule has 1 aromatic carbocycles. The third-order valence-electron chi connectivity index (χ3n) is 3.18. The van der Waals surface area contributed by atoms with Crippen molar-refractivity contribution in [2.24, 2.45) is 0 Å². The maximum Gasteiger partial charge on any atom is 0.338 e. The Bertz CT molecular complexity index is 681. The first-order valence-corrected chi connectivity index (χ1v) is 6.48. The fraction of sp³-hybridized carbons (Fsp3) is 0.200. The summed E-state index contributed by atoms with van der Waals surface area (Å²) in [5, 5.41) is 18.7. The van der Waals surface area contributed by atoms with Crippen molar-refractivity contribution >= 4 is 17.6 Å². The van der Waals surface area contributed by atoms with E-state index in [0.717, 1.165) is 5.56 Å². The Hall–Kier alpha value is -2.25. The molecule has 0 saturated heterocycles. The maximum atomic E-state index is 11.5. The second-order valence-electron chi connectivity index (χ2n) is 4.42. The fourth-order valence-electron chi connectivity index (χ4n) is 2.18. The maximum absolute atomic E-state index is 11.5. The van der Waals surface area contributed by atoms with Gasteiger partial charge in [-0.25, -0.2) is 4.79 Å². The van der Waals surface area contributed by atoms with Crippen molar-refractivity contribution in [3.63, 3.8) is 0 Å². The van der Waals surface area contributed by atoms with E-state index < -0.39 is 5.97 Å². The van der Waals surface area contributed by atoms with Gasteiger partial charge in [0.05, 0.1) is 18.1 Å². The molecule has 1 aromatic heterocycles. The zero-order valence-electron chi connectivity index (χ0n) is 10.9. The van der Waals surface area contributed by atoms with Crippen LogP contribution in [0.3, 0.4) is 0 Å². The first-order chi connectivity index (χ1) is 9.54. The minimum atomic E-state index is -0.969. The second-order valence-corrected chi connectivity index (χ2v) is 4.85. The van der Waals surface area contributed by atoms with E-state index >= 15 is 0 Å². The van der Waals surface area contributed by atoms with Gasteiger partial charge in [-0.3, -0.25) is 0 Å². The Labute approximate surface area is 121 Å². The number of rotatable bonds is 4. The van der Waals surface area contributed by atoms with Gasteiger partial charge in [-0.15, -0.1) is 0 Å². The summed E-state index contributed by atoms with van der Waals surface area (Å²) in [6.07, 6.45) is 2.12. The zero-order chi connectivity index (χ0) is 14.7. The van der Waals surface area contributed by atoms with Gasteiger partial charge in [0.25, 0.3) is 0 Å². The molecule has 1 N–H and O–H groups in total. The SMILES string of the molecule is Cc1c(C(=O)O)c(-c2ccc(Cl)cc2)cn1CCC#N. The van der Waals surface area contributed by atoms with E-state index in [0.29, 0.717) is 29.2 Å². The van der Waals surface area contributed by atoms with Crippen molar-refractivity contribution < 1.29 is 9.90 Å². The minimum Gasteiger partial charge on any atom is -0.478 e. The van der Waals surface area contributed by atoms with Gasteiger partial charge < -0.3 is 9.67 Å². The van der Waals surface area contributed by atoms with Crippen molar-refractivity contribution in [3.05, 3.63) is 46.7 Å². The number of hydrogen-bond acceptors (Lipinski definition) is 2. The van der Waals surface area contributed by atoms with Crippen molar-refractivity contribution in [2.45, 2.75) is 19.9 Å². The van der Waals surface area contributed by atoms with Gasteiger partial charge in [-0.2, -0.15) is 5.26 Å². The highest BCUT2D eigenvalue weighted by Crippen LogP contribution is 2.29. The number of carboxylic acids is 1. The lowest BCUT2D eigenvalue weighted by Crippen LogP contribution is -2.03. The van der Waals surface area contributed by atoms with Crippen LogP contribution < -0.4 is 0 Å². The number of aryl methyl sites for hydroxylation is 1. The molecule has 0 fully saturated rings. The molecule has 0 aliphatic heterocycles. The smallest absolute Gasteiger partial charge is 0.338 e. The summed E-state index contributed by atoms with van der Waals surface area (Å²) in [4.78, 5) is 11.5. The standard InChI is InChI=1S/C15H13ClN2O2/c1-10-14(15(19)20)13(9-18(10)8-2-7-17)11-3-5-12(16)6-4-11/h3-6,9H,2,8H2,1H3,(H,19,20). The Balaban J connectivity index is 2.54. The number of nitriles is 1. The van der Waals surface area contributed by atoms with E-state index in [1.807, 2.05) is 0 Å². The van der Waals surface area contributed by atoms with Crippen LogP contribution in [-0.2, 0) is 6.54 Å². The molecule has 0 atom stereocenters. The number of carboxylic acid groups (broad SMARTS) is 1. The minimum absolute atomic E-state index is 0.269. The van der Waals surface area contributed by atoms with Gasteiger partial charge in [0, 0.05) is 29.0 Å². The Morgan fingerprint density at radius 3 is 2.60 bits per heavy atom. The lowest BCUT2D eigenvalue weighted by atomic mass is 10.0. The largest absolute Gasteiger partial charge is 0.478 e. The monoisotopic (exact) mass is 288 g/mol. The third-order valence-corrected chi connectivity index (χ3v) is 3.43. The summed E-state index contributed by atoms with van der Waals surface area (Å²) in [6.45, 7) is 2.23. The molecule has 2 aromatic rings. The quantitative estimate of drug-likeness (QED) is 0.932. The zero-order valence-corrected chi connectivity index (χ0v) is 11.7. The molecule has 0 saturated carbocycles. The fourth-order valence-corrected chi connectivity index (χ4v) is 2.30. The highest BCUT2D eigenvalue weighted by atomic mass is 35.5. The lowest BCUT2D eigenvalue weighted by molar-refractivity contribution is 0.0697. The average Bonchev–Trinajstić information content (AvgIpc) is 2.74. The molecular weight excluding hydrogens is 276 g/mol. The average molecular weight is 289 g/mol. The summed E-state index contributed by atoms with van der Waals surface area (Å²) in [5.74, 6) is -0.969. The molecule has 0 radical (unpaired) electrons. The Morgan fingerprint density at radius 2 is 2.05 bits per heavy atom. The van der Waals surface area contributed by atoms with Crippen LogP contribution >= 0.6 is 11.6 Å². The summed E-state index contributed by atoms with van der Waals surface area (Å²) >= 11 is 5.85. The van der Waals surface area contributed by atoms with Gasteiger partial charge in [-0.1, -0.05) is 23.7 Å². The van der Waals surface area contributed by atoms with Gasteiger partial charge >= 0.3 is 5.97 Å². The number of aromatic nitrogens is 1. The number of carbonyl (C=O) groups is 1. The predicted molar refractivity (Wildman–Crippen MR) is 76.8 cm³/mol. The molecule has 20 heavy (non-hydrogen) atoms. The topological polar surface area (TPSA) is 66.0 Å². The molecule has 2 rings (SSSR count). The first-order valence-electron chi connectivity index (χ1n) is 6.10. The second kappa shape index (κ2) is 5.81. The molecule has 1 heterocycles. The summed E-state index contributed by atoms with van der Waals surface area (Å²) in [5.41, 5.74) is 2.36. The molecule has 102 valence electrons. The summed E-state index contributed by atoms with van der Waals surface area (Å²) in [6, 6.07) is 9.10. The molecule has 0 aliphatic rings. The van der Waals surface area contributed by atoms with Crippen LogP contribution in [0.5, 0.6) is 0 Å². The van der Waals surface area contributed by atoms with Crippen LogP contribution in [0, 0.1) is 18.3 Å². The number of hydrogen-bond donors (Lipinski definition) is 1. The summed E-state index contributed by atoms with van der Waals surface area (Å²) < 4.78 is 1.80. The van der Waals surface area contributed by atoms with Crippen molar-refractivity contribution in [1.82, 2.24) is 4.57 Å². The number of benzene rings is 1. The van der Waals surface area contributed by atoms with Gasteiger partial charge in [0.15, 0.2) is 0 Å². The molecule has 0 bridgehead atoms. The molecule has 0 amide bonds. The molecule has 4 nitrogen and oxygen atoms in total. The van der Waals surface area contributed by atoms with E-state index in [2.05, 4.69) is 6.07 Å². The van der Waals surface area contributed by atoms with Crippen LogP contribution in [0.1, 0.15) is 22.5 Å². The normalized spacial score (nSPS) is 10.2. The van der Waals surface area contributed by atoms with Gasteiger partial charge in [0.2, 0.25) is 0 Å². The van der Waals surface area contributed by atoms with Crippen LogP contribution in [-0.4, -0.2) is 15.6 Å². The van der Waals surface area contributed by atoms with E-state index in [4.69, 9.17) is 16.9 Å². The van der Waals surface area contributed by atoms with Crippen LogP contribution in [0.2, 0.25) is 5.02 Å². The molecule has 0 spiro atoms. The number of nitrogens with zero attached hydrogens (tertiary/aromatic N) is 2. The molecule has 5 heteroatoms. The number of aromatic carboxylic acids is 1. The summed E-state index contributed by atoms with van der Waals surface area (Å²) in [7, 11) is 0. The van der Waals surface area contributed by atoms with Crippen molar-refractivity contribution in [2.75, 3.05) is 0 Å². The van der Waals surface area contributed by atoms with Crippen molar-refractivity contribution in [3.8, 4) is 17.2 Å². The lowest BCUT2D eigenvalue weighted by Gasteiger charge is -2.02. The third kappa shape index (κ3) is 2.68. The van der Waals surface area contributed by atoms with Crippen molar-refractivity contribution in [1.29, 1.82) is 5.26 Å². The Morgan fingerprint density at radius 1 is 1.40 bits per heavy atom. The van der Waals surface area contributed by atoms with Crippen LogP contribution in [0.4, 0.5) is 0 Å². The van der Waals surface area contributed by atoms with Gasteiger partial charge in [-0.05, 0) is 24.6 Å². The highest BCUT2D eigenvalue weighted by Gasteiger charge is 2.19. The van der Waals surface area contributed by atoms with E-state index in [1.165, 1.54) is 0 Å². The molecular formula is C15H13ClN2O2. The first kappa shape index (κ1) is 14.2.